The second kappa shape index (κ2) is 13.2. The summed E-state index contributed by atoms with van der Waals surface area (Å²) in [4.78, 5) is 19.8. The number of amides is 1. The van der Waals surface area contributed by atoms with Crippen molar-refractivity contribution in [2.24, 2.45) is 7.05 Å². The van der Waals surface area contributed by atoms with Crippen molar-refractivity contribution in [1.82, 2.24) is 9.88 Å². The van der Waals surface area contributed by atoms with Crippen LogP contribution in [0.2, 0.25) is 0 Å². The van der Waals surface area contributed by atoms with Crippen LogP contribution >= 0.6 is 23.2 Å². The highest BCUT2D eigenvalue weighted by molar-refractivity contribution is 6.53. The Kier molecular flexibility index (Phi) is 11.3. The molecule has 9 nitrogen and oxygen atoms in total. The van der Waals surface area contributed by atoms with Crippen LogP contribution in [0.5, 0.6) is 0 Å². The summed E-state index contributed by atoms with van der Waals surface area (Å²) >= 11 is 10.7. The maximum Gasteiger partial charge on any atom is 0.269 e. The van der Waals surface area contributed by atoms with Gasteiger partial charge in [0.05, 0.1) is 25.1 Å². The van der Waals surface area contributed by atoms with E-state index in [-0.39, 0.29) is 11.3 Å². The number of nitro benzene ring substituents is 1. The lowest BCUT2D eigenvalue weighted by Gasteiger charge is -2.32. The molecule has 0 radical (unpaired) electrons. The predicted molar refractivity (Wildman–Crippen MR) is 111 cm³/mol. The number of nitrogens with zero attached hydrogens (tertiary/aromatic N) is 3. The minimum Gasteiger partial charge on any atom is -0.847 e. The number of benzene rings is 1. The standard InChI is InChI=1S/C11H11Cl2N2O5.C8H15N2/c12-10(13)11(18)14-8(5-16)9(17)6-1-3-7(4-2-6)15(19)20;1-3-4-5-10-7-6-9(2)8-10/h1-4,8-10,16H,5H2,(H,14,18);6-8H,3-5H2,1-2H3/q-1;+1/t8-,9-;/m1./s1. The second-order valence-electron chi connectivity index (χ2n) is 6.54. The lowest BCUT2D eigenvalue weighted by atomic mass is 10.0. The summed E-state index contributed by atoms with van der Waals surface area (Å²) in [6.45, 7) is 2.75. The number of alkyl halides is 2. The molecule has 30 heavy (non-hydrogen) atoms. The molecule has 0 saturated heterocycles. The van der Waals surface area contributed by atoms with Crippen LogP contribution in [0.3, 0.4) is 0 Å². The molecule has 1 aromatic carbocycles. The fraction of sp³-hybridized carbons (Fsp3) is 0.474. The van der Waals surface area contributed by atoms with Gasteiger partial charge in [0.15, 0.2) is 4.84 Å². The van der Waals surface area contributed by atoms with Crippen LogP contribution in [-0.4, -0.2) is 38.0 Å². The molecule has 2 rings (SSSR count). The first kappa shape index (κ1) is 25.8. The van der Waals surface area contributed by atoms with Crippen LogP contribution in [0, 0.1) is 10.1 Å². The fourth-order valence-corrected chi connectivity index (χ4v) is 2.58. The number of rotatable bonds is 9. The number of aryl methyl sites for hydroxylation is 2. The molecule has 0 saturated carbocycles. The molecule has 0 aliphatic heterocycles. The average Bonchev–Trinajstić information content (AvgIpc) is 3.15. The van der Waals surface area contributed by atoms with Gasteiger partial charge in [-0.05, 0) is 6.42 Å². The van der Waals surface area contributed by atoms with E-state index < -0.39 is 34.4 Å². The molecule has 1 aromatic heterocycles. The zero-order valence-corrected chi connectivity index (χ0v) is 18.3. The molecule has 11 heteroatoms. The van der Waals surface area contributed by atoms with Gasteiger partial charge in [0.1, 0.15) is 12.4 Å². The molecule has 2 aromatic rings. The predicted octanol–water partition coefficient (Wildman–Crippen LogP) is 1.39. The maximum atomic E-state index is 12.1. The molecule has 166 valence electrons. The number of unbranched alkanes of at least 4 members (excludes halogenated alkanes) is 1. The van der Waals surface area contributed by atoms with E-state index >= 15 is 0 Å². The van der Waals surface area contributed by atoms with Gasteiger partial charge in [-0.25, -0.2) is 9.13 Å². The van der Waals surface area contributed by atoms with E-state index in [9.17, 15) is 20.0 Å². The number of non-ortho nitro benzene ring substituents is 1. The Labute approximate surface area is 185 Å². The van der Waals surface area contributed by atoms with Crippen LogP contribution in [-0.2, 0) is 18.4 Å². The molecule has 0 aliphatic carbocycles. The van der Waals surface area contributed by atoms with E-state index in [1.54, 1.807) is 0 Å². The minimum absolute atomic E-state index is 0.160. The Bertz CT molecular complexity index is 798. The summed E-state index contributed by atoms with van der Waals surface area (Å²) < 4.78 is 4.28. The number of carbonyl (C=O) groups is 1. The smallest absolute Gasteiger partial charge is 0.269 e. The number of nitrogens with one attached hydrogen (secondary N) is 1. The Balaban J connectivity index is 0.000000375. The number of aliphatic hydroxyl groups excluding tert-OH is 1. The van der Waals surface area contributed by atoms with Crippen LogP contribution < -0.4 is 15.0 Å². The summed E-state index contributed by atoms with van der Waals surface area (Å²) in [5.74, 6) is -0.796. The third-order valence-electron chi connectivity index (χ3n) is 4.11. The number of hydrogen-bond donors (Lipinski definition) is 2. The molecular weight excluding hydrogens is 435 g/mol. The van der Waals surface area contributed by atoms with Crippen molar-refractivity contribution in [2.45, 2.75) is 43.3 Å². The second-order valence-corrected chi connectivity index (χ2v) is 7.63. The first-order valence-electron chi connectivity index (χ1n) is 9.30. The average molecular weight is 461 g/mol. The third-order valence-corrected chi connectivity index (χ3v) is 4.51. The fourth-order valence-electron chi connectivity index (χ4n) is 2.46. The number of carbonyl (C=O) groups excluding carboxylic acids is 1. The Hall–Kier alpha value is -2.20. The molecule has 2 atom stereocenters. The first-order chi connectivity index (χ1) is 14.2. The molecule has 0 aliphatic rings. The van der Waals surface area contributed by atoms with Gasteiger partial charge < -0.3 is 15.5 Å². The van der Waals surface area contributed by atoms with E-state index in [0.29, 0.717) is 0 Å². The van der Waals surface area contributed by atoms with Gasteiger partial charge in [-0.15, -0.1) is 0 Å². The highest BCUT2D eigenvalue weighted by Crippen LogP contribution is 2.18. The Morgan fingerprint density at radius 3 is 2.40 bits per heavy atom. The Morgan fingerprint density at radius 1 is 1.33 bits per heavy atom. The number of hydrogen-bond acceptors (Lipinski definition) is 5. The van der Waals surface area contributed by atoms with E-state index in [1.165, 1.54) is 37.1 Å². The summed E-state index contributed by atoms with van der Waals surface area (Å²) in [5.41, 5.74) is 0.0303. The SMILES string of the molecule is CCCCn1cc[n+](C)c1.O=C(N[C@H](CO)[C@H]([O-])c1ccc([N+](=O)[O-])cc1)C(Cl)Cl. The van der Waals surface area contributed by atoms with Gasteiger partial charge in [-0.2, -0.15) is 0 Å². The van der Waals surface area contributed by atoms with E-state index in [0.717, 1.165) is 6.54 Å². The van der Waals surface area contributed by atoms with Crippen LogP contribution in [0.4, 0.5) is 5.69 Å². The van der Waals surface area contributed by atoms with Crippen molar-refractivity contribution in [3.63, 3.8) is 0 Å². The topological polar surface area (TPSA) is 124 Å². The molecule has 2 N–H and O–H groups in total. The van der Waals surface area contributed by atoms with Gasteiger partial charge >= 0.3 is 0 Å². The van der Waals surface area contributed by atoms with E-state index in [1.807, 2.05) is 7.05 Å². The number of aromatic nitrogens is 2. The highest BCUT2D eigenvalue weighted by atomic mass is 35.5. The number of nitro groups is 1. The van der Waals surface area contributed by atoms with E-state index in [2.05, 4.69) is 40.1 Å². The highest BCUT2D eigenvalue weighted by Gasteiger charge is 2.19. The van der Waals surface area contributed by atoms with Crippen molar-refractivity contribution in [2.75, 3.05) is 6.61 Å². The minimum atomic E-state index is -1.50. The lowest BCUT2D eigenvalue weighted by molar-refractivity contribution is -0.671. The molecule has 0 fully saturated rings. The first-order valence-corrected chi connectivity index (χ1v) is 10.2. The maximum absolute atomic E-state index is 12.1. The molecular formula is C19H26Cl2N4O5. The lowest BCUT2D eigenvalue weighted by Crippen LogP contribution is -2.47. The quantitative estimate of drug-likeness (QED) is 0.253. The number of imidazole rings is 1. The van der Waals surface area contributed by atoms with Crippen LogP contribution in [0.1, 0.15) is 31.4 Å². The number of halogens is 2. The third kappa shape index (κ3) is 8.66. The Morgan fingerprint density at radius 2 is 1.97 bits per heavy atom. The van der Waals surface area contributed by atoms with Crippen LogP contribution in [0.25, 0.3) is 0 Å². The van der Waals surface area contributed by atoms with Crippen molar-refractivity contribution < 1.29 is 24.5 Å². The largest absolute Gasteiger partial charge is 0.847 e. The molecule has 0 spiro atoms. The van der Waals surface area contributed by atoms with Gasteiger partial charge in [0, 0.05) is 18.2 Å². The van der Waals surface area contributed by atoms with Crippen LogP contribution in [0.15, 0.2) is 43.0 Å². The van der Waals surface area contributed by atoms with E-state index in [4.69, 9.17) is 28.3 Å². The van der Waals surface area contributed by atoms with Crippen molar-refractivity contribution >= 4 is 34.8 Å². The zero-order chi connectivity index (χ0) is 22.7. The molecule has 0 unspecified atom stereocenters. The normalized spacial score (nSPS) is 12.6. The van der Waals surface area contributed by atoms with Crippen molar-refractivity contribution in [1.29, 1.82) is 0 Å². The van der Waals surface area contributed by atoms with Gasteiger partial charge in [-0.1, -0.05) is 60.3 Å². The monoisotopic (exact) mass is 460 g/mol. The van der Waals surface area contributed by atoms with Gasteiger partial charge in [0.2, 0.25) is 6.33 Å². The van der Waals surface area contributed by atoms with Gasteiger partial charge in [-0.3, -0.25) is 14.9 Å². The van der Waals surface area contributed by atoms with Gasteiger partial charge in [0.25, 0.3) is 11.6 Å². The van der Waals surface area contributed by atoms with Crippen molar-refractivity contribution in [3.05, 3.63) is 58.7 Å². The summed E-state index contributed by atoms with van der Waals surface area (Å²) in [7, 11) is 2.04. The summed E-state index contributed by atoms with van der Waals surface area (Å²) in [6, 6.07) is 3.74. The number of aliphatic hydroxyl groups is 1. The molecule has 0 bridgehead atoms. The molecule has 1 amide bonds. The van der Waals surface area contributed by atoms with Crippen molar-refractivity contribution in [3.8, 4) is 0 Å². The summed E-state index contributed by atoms with van der Waals surface area (Å²) in [5, 5.41) is 33.9. The zero-order valence-electron chi connectivity index (χ0n) is 16.8. The summed E-state index contributed by atoms with van der Waals surface area (Å²) in [6.07, 6.45) is 7.31. The molecule has 1 heterocycles.